The molecule has 0 unspecified atom stereocenters. The van der Waals surface area contributed by atoms with Crippen LogP contribution in [0.2, 0.25) is 0 Å². The van der Waals surface area contributed by atoms with E-state index >= 15 is 0 Å². The highest BCUT2D eigenvalue weighted by atomic mass is 15.1. The third-order valence-corrected chi connectivity index (χ3v) is 1.68. The molecule has 2 heteroatoms. The van der Waals surface area contributed by atoms with Crippen LogP contribution in [0.3, 0.4) is 0 Å². The fourth-order valence-electron chi connectivity index (χ4n) is 1.35. The van der Waals surface area contributed by atoms with E-state index < -0.39 is 0 Å². The van der Waals surface area contributed by atoms with Gasteiger partial charge in [0.2, 0.25) is 0 Å². The molecule has 1 aromatic rings. The van der Waals surface area contributed by atoms with Crippen LogP contribution in [0.5, 0.6) is 0 Å². The molecule has 0 aromatic carbocycles. The second kappa shape index (κ2) is 2.45. The molecule has 56 valence electrons. The van der Waals surface area contributed by atoms with Gasteiger partial charge in [-0.25, -0.2) is 4.98 Å². The first kappa shape index (κ1) is 7.32. The smallest absolute Gasteiger partial charge is 0.105 e. The Bertz CT molecular complexity index is 204. The minimum atomic E-state index is 0.530. The molecular weight excluding hydrogens is 124 g/mol. The summed E-state index contributed by atoms with van der Waals surface area (Å²) in [4.78, 5) is 4.20. The molecule has 2 nitrogen and oxygen atoms in total. The van der Waals surface area contributed by atoms with Crippen LogP contribution in [0.4, 0.5) is 0 Å². The first-order chi connectivity index (χ1) is 4.63. The van der Waals surface area contributed by atoms with Crippen LogP contribution < -0.4 is 0 Å². The Morgan fingerprint density at radius 2 is 2.00 bits per heavy atom. The predicted octanol–water partition coefficient (Wildman–Crippen LogP) is 2.08. The summed E-state index contributed by atoms with van der Waals surface area (Å²) < 4.78 is 2.22. The van der Waals surface area contributed by atoms with Gasteiger partial charge in [0.05, 0.1) is 0 Å². The van der Waals surface area contributed by atoms with Crippen LogP contribution in [0, 0.1) is 13.8 Å². The third kappa shape index (κ3) is 1.06. The van der Waals surface area contributed by atoms with Crippen molar-refractivity contribution in [3.05, 3.63) is 17.7 Å². The lowest BCUT2D eigenvalue weighted by molar-refractivity contribution is 0.569. The van der Waals surface area contributed by atoms with E-state index in [1.165, 1.54) is 5.69 Å². The van der Waals surface area contributed by atoms with Crippen molar-refractivity contribution in [2.45, 2.75) is 33.7 Å². The fourth-order valence-corrected chi connectivity index (χ4v) is 1.35. The molecule has 1 heterocycles. The van der Waals surface area contributed by atoms with Gasteiger partial charge in [-0.15, -0.1) is 0 Å². The van der Waals surface area contributed by atoms with Gasteiger partial charge in [-0.05, 0) is 27.7 Å². The Morgan fingerprint density at radius 1 is 1.40 bits per heavy atom. The summed E-state index contributed by atoms with van der Waals surface area (Å²) in [5.74, 6) is 1.10. The lowest BCUT2D eigenvalue weighted by Gasteiger charge is -2.10. The van der Waals surface area contributed by atoms with Crippen molar-refractivity contribution in [3.8, 4) is 0 Å². The van der Waals surface area contributed by atoms with Crippen molar-refractivity contribution >= 4 is 0 Å². The number of imidazole rings is 1. The van der Waals surface area contributed by atoms with E-state index in [0.717, 1.165) is 5.82 Å². The van der Waals surface area contributed by atoms with Crippen LogP contribution in [-0.2, 0) is 0 Å². The van der Waals surface area contributed by atoms with E-state index in [1.54, 1.807) is 0 Å². The standard InChI is InChI=1S/C8H14N2/c1-6(2)10-7(3)5-9-8(10)4/h5-6H,1-4H3. The van der Waals surface area contributed by atoms with Crippen LogP contribution in [-0.4, -0.2) is 9.55 Å². The van der Waals surface area contributed by atoms with Gasteiger partial charge in [0.25, 0.3) is 0 Å². The Morgan fingerprint density at radius 3 is 2.20 bits per heavy atom. The van der Waals surface area contributed by atoms with Gasteiger partial charge >= 0.3 is 0 Å². The molecule has 10 heavy (non-hydrogen) atoms. The van der Waals surface area contributed by atoms with E-state index in [2.05, 4.69) is 30.3 Å². The first-order valence-electron chi connectivity index (χ1n) is 3.63. The SMILES string of the molecule is Cc1cnc(C)n1C(C)C. The third-order valence-electron chi connectivity index (χ3n) is 1.68. The van der Waals surface area contributed by atoms with Gasteiger partial charge in [0.1, 0.15) is 5.82 Å². The molecule has 0 N–H and O–H groups in total. The number of hydrogen-bond donors (Lipinski definition) is 0. The molecule has 0 fully saturated rings. The number of hydrogen-bond acceptors (Lipinski definition) is 1. The average Bonchev–Trinajstić information content (AvgIpc) is 2.11. The van der Waals surface area contributed by atoms with Gasteiger partial charge in [0, 0.05) is 17.9 Å². The van der Waals surface area contributed by atoms with Gasteiger partial charge in [-0.3, -0.25) is 0 Å². The Kier molecular flexibility index (Phi) is 1.79. The normalized spacial score (nSPS) is 10.9. The van der Waals surface area contributed by atoms with E-state index in [-0.39, 0.29) is 0 Å². The number of aromatic nitrogens is 2. The van der Waals surface area contributed by atoms with Gasteiger partial charge in [-0.1, -0.05) is 0 Å². The summed E-state index contributed by atoms with van der Waals surface area (Å²) in [6.07, 6.45) is 1.91. The van der Waals surface area contributed by atoms with Gasteiger partial charge in [-0.2, -0.15) is 0 Å². The Balaban J connectivity index is 3.10. The molecule has 0 amide bonds. The minimum Gasteiger partial charge on any atom is -0.330 e. The highest BCUT2D eigenvalue weighted by molar-refractivity contribution is 5.02. The zero-order valence-corrected chi connectivity index (χ0v) is 7.05. The van der Waals surface area contributed by atoms with E-state index in [0.29, 0.717) is 6.04 Å². The number of rotatable bonds is 1. The monoisotopic (exact) mass is 138 g/mol. The summed E-state index contributed by atoms with van der Waals surface area (Å²) in [7, 11) is 0. The molecule has 0 bridgehead atoms. The number of nitrogens with zero attached hydrogens (tertiary/aromatic N) is 2. The molecule has 0 atom stereocenters. The quantitative estimate of drug-likeness (QED) is 0.581. The molecule has 0 aliphatic heterocycles. The fraction of sp³-hybridized carbons (Fsp3) is 0.625. The predicted molar refractivity (Wildman–Crippen MR) is 42.1 cm³/mol. The Hall–Kier alpha value is -0.790. The molecule has 1 aromatic heterocycles. The van der Waals surface area contributed by atoms with Crippen molar-refractivity contribution in [1.82, 2.24) is 9.55 Å². The van der Waals surface area contributed by atoms with E-state index in [9.17, 15) is 0 Å². The lowest BCUT2D eigenvalue weighted by atomic mass is 10.3. The molecule has 0 saturated carbocycles. The minimum absolute atomic E-state index is 0.530. The molecule has 0 aliphatic carbocycles. The summed E-state index contributed by atoms with van der Waals surface area (Å²) in [5, 5.41) is 0. The number of aryl methyl sites for hydroxylation is 2. The van der Waals surface area contributed by atoms with Crippen molar-refractivity contribution in [3.63, 3.8) is 0 Å². The van der Waals surface area contributed by atoms with Crippen molar-refractivity contribution in [2.75, 3.05) is 0 Å². The average molecular weight is 138 g/mol. The van der Waals surface area contributed by atoms with E-state index in [1.807, 2.05) is 13.1 Å². The second-order valence-electron chi connectivity index (χ2n) is 2.91. The first-order valence-corrected chi connectivity index (χ1v) is 3.63. The molecule has 0 aliphatic rings. The summed E-state index contributed by atoms with van der Waals surface area (Å²) >= 11 is 0. The van der Waals surface area contributed by atoms with Crippen molar-refractivity contribution in [2.24, 2.45) is 0 Å². The maximum absolute atomic E-state index is 4.20. The zero-order valence-electron chi connectivity index (χ0n) is 7.05. The maximum atomic E-state index is 4.20. The highest BCUT2D eigenvalue weighted by Crippen LogP contribution is 2.10. The summed E-state index contributed by atoms with van der Waals surface area (Å²) in [6, 6.07) is 0.530. The van der Waals surface area contributed by atoms with Crippen LogP contribution in [0.25, 0.3) is 0 Å². The second-order valence-corrected chi connectivity index (χ2v) is 2.91. The molecule has 1 rings (SSSR count). The largest absolute Gasteiger partial charge is 0.330 e. The molecular formula is C8H14N2. The Labute approximate surface area is 61.9 Å². The van der Waals surface area contributed by atoms with Crippen molar-refractivity contribution < 1.29 is 0 Å². The van der Waals surface area contributed by atoms with Crippen LogP contribution in [0.1, 0.15) is 31.4 Å². The lowest BCUT2D eigenvalue weighted by Crippen LogP contribution is -2.04. The van der Waals surface area contributed by atoms with Crippen molar-refractivity contribution in [1.29, 1.82) is 0 Å². The summed E-state index contributed by atoms with van der Waals surface area (Å²) in [5.41, 5.74) is 1.24. The maximum Gasteiger partial charge on any atom is 0.105 e. The molecule has 0 spiro atoms. The molecule has 0 radical (unpaired) electrons. The molecule has 0 saturated heterocycles. The zero-order chi connectivity index (χ0) is 7.72. The topological polar surface area (TPSA) is 17.8 Å². The summed E-state index contributed by atoms with van der Waals surface area (Å²) in [6.45, 7) is 8.45. The van der Waals surface area contributed by atoms with Crippen LogP contribution in [0.15, 0.2) is 6.20 Å². The van der Waals surface area contributed by atoms with Crippen LogP contribution >= 0.6 is 0 Å². The van der Waals surface area contributed by atoms with E-state index in [4.69, 9.17) is 0 Å². The van der Waals surface area contributed by atoms with Gasteiger partial charge in [0.15, 0.2) is 0 Å². The van der Waals surface area contributed by atoms with Gasteiger partial charge < -0.3 is 4.57 Å². The highest BCUT2D eigenvalue weighted by Gasteiger charge is 2.03.